The summed E-state index contributed by atoms with van der Waals surface area (Å²) in [6.07, 6.45) is 5.30. The molecule has 1 amide bonds. The lowest BCUT2D eigenvalue weighted by atomic mass is 9.83. The molecule has 6 nitrogen and oxygen atoms in total. The zero-order valence-electron chi connectivity index (χ0n) is 17.5. The number of hydrogen-bond donors (Lipinski definition) is 1. The fourth-order valence-corrected chi connectivity index (χ4v) is 3.44. The molecule has 1 aliphatic rings. The van der Waals surface area contributed by atoms with E-state index in [-0.39, 0.29) is 18.6 Å². The van der Waals surface area contributed by atoms with E-state index in [2.05, 4.69) is 5.32 Å². The number of esters is 1. The van der Waals surface area contributed by atoms with E-state index in [1.807, 2.05) is 20.8 Å². The molecule has 0 unspecified atom stereocenters. The molecule has 0 saturated heterocycles. The average molecular weight is 392 g/mol. The second-order valence-corrected chi connectivity index (χ2v) is 7.46. The van der Waals surface area contributed by atoms with Gasteiger partial charge in [0.1, 0.15) is 16.9 Å². The fourth-order valence-electron chi connectivity index (χ4n) is 3.44. The molecule has 156 valence electrons. The van der Waals surface area contributed by atoms with E-state index >= 15 is 0 Å². The minimum atomic E-state index is -0.786. The Morgan fingerprint density at radius 2 is 1.86 bits per heavy atom. The molecule has 1 fully saturated rings. The molecule has 6 heteroatoms. The van der Waals surface area contributed by atoms with Gasteiger partial charge in [0.2, 0.25) is 0 Å². The van der Waals surface area contributed by atoms with Crippen molar-refractivity contribution in [1.29, 1.82) is 0 Å². The summed E-state index contributed by atoms with van der Waals surface area (Å²) in [5.41, 5.74) is 0.0561. The van der Waals surface area contributed by atoms with Crippen molar-refractivity contribution in [3.63, 3.8) is 0 Å². The lowest BCUT2D eigenvalue weighted by molar-refractivity contribution is -0.146. The van der Waals surface area contributed by atoms with Crippen LogP contribution in [-0.4, -0.2) is 36.8 Å². The number of carbonyl (C=O) groups excluding carboxylic acids is 2. The monoisotopic (exact) mass is 391 g/mol. The largest absolute Gasteiger partial charge is 0.490 e. The number of carbonyl (C=O) groups is 2. The highest BCUT2D eigenvalue weighted by molar-refractivity contribution is 5.99. The van der Waals surface area contributed by atoms with Crippen molar-refractivity contribution in [3.05, 3.63) is 23.8 Å². The lowest BCUT2D eigenvalue weighted by Gasteiger charge is -2.35. The summed E-state index contributed by atoms with van der Waals surface area (Å²) in [7, 11) is 0. The molecule has 0 bridgehead atoms. The van der Waals surface area contributed by atoms with Crippen molar-refractivity contribution in [2.45, 2.75) is 77.9 Å². The first-order valence-electron chi connectivity index (χ1n) is 10.3. The molecule has 1 aliphatic carbocycles. The standard InChI is InChI=1S/C22H33NO5/c1-5-14-27-22(12-8-7-9-13-22)21(25)23-17-10-11-19(28-16(3)4)18(15-17)20(24)26-6-2/h10-11,15-16H,5-9,12-14H2,1-4H3,(H,23,25). The van der Waals surface area contributed by atoms with Crippen LogP contribution in [0.1, 0.15) is 76.6 Å². The van der Waals surface area contributed by atoms with Crippen molar-refractivity contribution in [1.82, 2.24) is 0 Å². The van der Waals surface area contributed by atoms with E-state index in [1.165, 1.54) is 0 Å². The van der Waals surface area contributed by atoms with Gasteiger partial charge < -0.3 is 19.5 Å². The van der Waals surface area contributed by atoms with Crippen LogP contribution in [0.15, 0.2) is 18.2 Å². The number of nitrogens with one attached hydrogen (secondary N) is 1. The summed E-state index contributed by atoms with van der Waals surface area (Å²) in [6, 6.07) is 5.06. The minimum absolute atomic E-state index is 0.0819. The Kier molecular flexibility index (Phi) is 8.30. The highest BCUT2D eigenvalue weighted by Gasteiger charge is 2.40. The molecule has 1 saturated carbocycles. The van der Waals surface area contributed by atoms with Crippen molar-refractivity contribution in [2.24, 2.45) is 0 Å². The van der Waals surface area contributed by atoms with Gasteiger partial charge >= 0.3 is 5.97 Å². The van der Waals surface area contributed by atoms with Crippen LogP contribution in [0.5, 0.6) is 5.75 Å². The third-order valence-electron chi connectivity index (χ3n) is 4.75. The van der Waals surface area contributed by atoms with Gasteiger partial charge in [-0.2, -0.15) is 0 Å². The number of benzene rings is 1. The number of anilines is 1. The molecule has 28 heavy (non-hydrogen) atoms. The fraction of sp³-hybridized carbons (Fsp3) is 0.636. The minimum Gasteiger partial charge on any atom is -0.490 e. The Morgan fingerprint density at radius 1 is 1.14 bits per heavy atom. The first-order chi connectivity index (χ1) is 13.4. The summed E-state index contributed by atoms with van der Waals surface area (Å²) in [4.78, 5) is 25.4. The van der Waals surface area contributed by atoms with E-state index in [1.54, 1.807) is 25.1 Å². The third kappa shape index (κ3) is 5.71. The maximum atomic E-state index is 13.1. The van der Waals surface area contributed by atoms with Crippen LogP contribution in [0, 0.1) is 0 Å². The van der Waals surface area contributed by atoms with Gasteiger partial charge in [0.15, 0.2) is 0 Å². The van der Waals surface area contributed by atoms with E-state index in [0.29, 0.717) is 23.6 Å². The molecule has 0 heterocycles. The zero-order valence-corrected chi connectivity index (χ0v) is 17.5. The Hall–Kier alpha value is -2.08. The van der Waals surface area contributed by atoms with Crippen molar-refractivity contribution in [3.8, 4) is 5.75 Å². The van der Waals surface area contributed by atoms with Crippen LogP contribution >= 0.6 is 0 Å². The molecule has 1 N–H and O–H groups in total. The van der Waals surface area contributed by atoms with Crippen LogP contribution in [0.25, 0.3) is 0 Å². The van der Waals surface area contributed by atoms with Gasteiger partial charge in [-0.3, -0.25) is 4.79 Å². The van der Waals surface area contributed by atoms with Gasteiger partial charge in [0.05, 0.1) is 12.7 Å². The zero-order chi connectivity index (χ0) is 20.6. The molecular weight excluding hydrogens is 358 g/mol. The lowest BCUT2D eigenvalue weighted by Crippen LogP contribution is -2.47. The van der Waals surface area contributed by atoms with Crippen LogP contribution in [0.3, 0.4) is 0 Å². The number of rotatable bonds is 9. The second kappa shape index (κ2) is 10.5. The number of hydrogen-bond acceptors (Lipinski definition) is 5. The number of amides is 1. The van der Waals surface area contributed by atoms with Crippen LogP contribution < -0.4 is 10.1 Å². The Bertz CT molecular complexity index is 665. The number of ether oxygens (including phenoxy) is 3. The first kappa shape index (κ1) is 22.2. The van der Waals surface area contributed by atoms with Crippen molar-refractivity contribution in [2.75, 3.05) is 18.5 Å². The predicted molar refractivity (Wildman–Crippen MR) is 109 cm³/mol. The smallest absolute Gasteiger partial charge is 0.341 e. The van der Waals surface area contributed by atoms with Crippen LogP contribution in [0.2, 0.25) is 0 Å². The van der Waals surface area contributed by atoms with Gasteiger partial charge in [-0.1, -0.05) is 26.2 Å². The van der Waals surface area contributed by atoms with Gasteiger partial charge in [0, 0.05) is 12.3 Å². The van der Waals surface area contributed by atoms with E-state index in [4.69, 9.17) is 14.2 Å². The van der Waals surface area contributed by atoms with Crippen LogP contribution in [0.4, 0.5) is 5.69 Å². The molecule has 1 aromatic carbocycles. The highest BCUT2D eigenvalue weighted by Crippen LogP contribution is 2.34. The maximum Gasteiger partial charge on any atom is 0.341 e. The third-order valence-corrected chi connectivity index (χ3v) is 4.75. The van der Waals surface area contributed by atoms with Gasteiger partial charge in [-0.15, -0.1) is 0 Å². The molecule has 0 aromatic heterocycles. The normalized spacial score (nSPS) is 15.9. The van der Waals surface area contributed by atoms with E-state index in [9.17, 15) is 9.59 Å². The quantitative estimate of drug-likeness (QED) is 0.617. The molecule has 0 radical (unpaired) electrons. The highest BCUT2D eigenvalue weighted by atomic mass is 16.5. The molecule has 0 atom stereocenters. The van der Waals surface area contributed by atoms with E-state index < -0.39 is 11.6 Å². The van der Waals surface area contributed by atoms with E-state index in [0.717, 1.165) is 38.5 Å². The SMILES string of the molecule is CCCOC1(C(=O)Nc2ccc(OC(C)C)c(C(=O)OCC)c2)CCCCC1. The Morgan fingerprint density at radius 3 is 2.46 bits per heavy atom. The van der Waals surface area contributed by atoms with Crippen LogP contribution in [-0.2, 0) is 14.3 Å². The molecule has 2 rings (SSSR count). The Balaban J connectivity index is 2.24. The topological polar surface area (TPSA) is 73.9 Å². The summed E-state index contributed by atoms with van der Waals surface area (Å²) in [6.45, 7) is 8.40. The van der Waals surface area contributed by atoms with Gasteiger partial charge in [-0.25, -0.2) is 4.79 Å². The maximum absolute atomic E-state index is 13.1. The molecule has 0 aliphatic heterocycles. The van der Waals surface area contributed by atoms with Crippen molar-refractivity contribution >= 4 is 17.6 Å². The molecule has 1 aromatic rings. The van der Waals surface area contributed by atoms with Crippen molar-refractivity contribution < 1.29 is 23.8 Å². The first-order valence-corrected chi connectivity index (χ1v) is 10.3. The average Bonchev–Trinajstić information content (AvgIpc) is 2.68. The molecule has 0 spiro atoms. The van der Waals surface area contributed by atoms with Gasteiger partial charge in [-0.05, 0) is 58.2 Å². The summed E-state index contributed by atoms with van der Waals surface area (Å²) in [5.74, 6) is -0.169. The summed E-state index contributed by atoms with van der Waals surface area (Å²) < 4.78 is 16.9. The summed E-state index contributed by atoms with van der Waals surface area (Å²) in [5, 5.41) is 2.95. The van der Waals surface area contributed by atoms with Gasteiger partial charge in [0.25, 0.3) is 5.91 Å². The predicted octanol–water partition coefficient (Wildman–Crippen LogP) is 4.72. The summed E-state index contributed by atoms with van der Waals surface area (Å²) >= 11 is 0. The Labute approximate surface area is 167 Å². The second-order valence-electron chi connectivity index (χ2n) is 7.46. The molecular formula is C22H33NO5.